The Bertz CT molecular complexity index is 1290. The van der Waals surface area contributed by atoms with E-state index >= 15 is 0 Å². The van der Waals surface area contributed by atoms with Gasteiger partial charge in [0.15, 0.2) is 11.5 Å². The molecule has 7 heteroatoms. The number of anilines is 1. The number of para-hydroxylation sites is 2. The number of fused-ring (bicyclic) bond motifs is 3. The molecule has 0 aliphatic rings. The molecule has 3 aromatic heterocycles. The average molecular weight is 385 g/mol. The van der Waals surface area contributed by atoms with E-state index in [1.54, 1.807) is 13.4 Å². The highest BCUT2D eigenvalue weighted by Gasteiger charge is 2.21. The van der Waals surface area contributed by atoms with Crippen LogP contribution in [0.1, 0.15) is 5.76 Å². The van der Waals surface area contributed by atoms with Crippen molar-refractivity contribution in [3.63, 3.8) is 0 Å². The maximum absolute atomic E-state index is 5.56. The van der Waals surface area contributed by atoms with Gasteiger partial charge in [-0.1, -0.05) is 24.3 Å². The molecule has 0 amide bonds. The lowest BCUT2D eigenvalue weighted by Crippen LogP contribution is -2.21. The van der Waals surface area contributed by atoms with Crippen molar-refractivity contribution < 1.29 is 9.15 Å². The lowest BCUT2D eigenvalue weighted by atomic mass is 10.2. The predicted octanol–water partition coefficient (Wildman–Crippen LogP) is 4.18. The van der Waals surface area contributed by atoms with Crippen LogP contribution in [0.3, 0.4) is 0 Å². The van der Waals surface area contributed by atoms with E-state index in [-0.39, 0.29) is 0 Å². The van der Waals surface area contributed by atoms with E-state index in [2.05, 4.69) is 10.2 Å². The molecule has 0 spiro atoms. The maximum Gasteiger partial charge on any atom is 0.213 e. The van der Waals surface area contributed by atoms with Crippen molar-refractivity contribution in [2.24, 2.45) is 0 Å². The Labute approximate surface area is 167 Å². The number of rotatable bonds is 5. The first-order valence-electron chi connectivity index (χ1n) is 9.27. The lowest BCUT2D eigenvalue weighted by molar-refractivity contribution is 0.416. The fourth-order valence-corrected chi connectivity index (χ4v) is 3.53. The lowest BCUT2D eigenvalue weighted by Gasteiger charge is -2.20. The summed E-state index contributed by atoms with van der Waals surface area (Å²) in [6.07, 6.45) is 1.67. The van der Waals surface area contributed by atoms with Gasteiger partial charge in [-0.2, -0.15) is 0 Å². The molecule has 29 heavy (non-hydrogen) atoms. The van der Waals surface area contributed by atoms with E-state index in [0.717, 1.165) is 39.6 Å². The number of methoxy groups -OCH3 is 1. The van der Waals surface area contributed by atoms with Crippen molar-refractivity contribution >= 4 is 22.5 Å². The number of hydrogen-bond acceptors (Lipinski definition) is 6. The second kappa shape index (κ2) is 6.94. The Morgan fingerprint density at radius 2 is 1.83 bits per heavy atom. The Balaban J connectivity index is 1.78. The van der Waals surface area contributed by atoms with E-state index in [9.17, 15) is 0 Å². The molecule has 0 N–H and O–H groups in total. The minimum Gasteiger partial charge on any atom is -0.496 e. The van der Waals surface area contributed by atoms with E-state index in [1.807, 2.05) is 77.0 Å². The van der Waals surface area contributed by atoms with Gasteiger partial charge in [0.1, 0.15) is 11.5 Å². The number of benzene rings is 2. The first kappa shape index (κ1) is 17.2. The number of nitrogens with zero attached hydrogens (tertiary/aromatic N) is 5. The molecule has 144 valence electrons. The van der Waals surface area contributed by atoms with E-state index in [0.29, 0.717) is 12.4 Å². The molecule has 7 nitrogen and oxygen atoms in total. The van der Waals surface area contributed by atoms with Crippen LogP contribution in [0.2, 0.25) is 0 Å². The van der Waals surface area contributed by atoms with Gasteiger partial charge < -0.3 is 14.1 Å². The van der Waals surface area contributed by atoms with Crippen LogP contribution in [-0.2, 0) is 6.54 Å². The minimum absolute atomic E-state index is 0.566. The maximum atomic E-state index is 5.56. The third-order valence-corrected chi connectivity index (χ3v) is 4.89. The van der Waals surface area contributed by atoms with Crippen molar-refractivity contribution in [2.45, 2.75) is 6.54 Å². The second-order valence-electron chi connectivity index (χ2n) is 6.75. The summed E-state index contributed by atoms with van der Waals surface area (Å²) >= 11 is 0. The van der Waals surface area contributed by atoms with Gasteiger partial charge in [0.2, 0.25) is 5.95 Å². The molecule has 2 aromatic carbocycles. The number of furan rings is 1. The van der Waals surface area contributed by atoms with Crippen LogP contribution < -0.4 is 9.64 Å². The Morgan fingerprint density at radius 1 is 1.00 bits per heavy atom. The highest BCUT2D eigenvalue weighted by Crippen LogP contribution is 2.32. The molecule has 0 saturated carbocycles. The van der Waals surface area contributed by atoms with Gasteiger partial charge in [-0.3, -0.25) is 0 Å². The zero-order valence-electron chi connectivity index (χ0n) is 16.1. The predicted molar refractivity (Wildman–Crippen MR) is 111 cm³/mol. The molecule has 0 aliphatic heterocycles. The SMILES string of the molecule is COc1ccccc1-c1nnc2c3ccccc3nc(N(C)Cc3ccco3)n12. The Morgan fingerprint density at radius 3 is 2.66 bits per heavy atom. The highest BCUT2D eigenvalue weighted by atomic mass is 16.5. The Hall–Kier alpha value is -3.87. The fourth-order valence-electron chi connectivity index (χ4n) is 3.53. The van der Waals surface area contributed by atoms with Crippen LogP contribution in [0.25, 0.3) is 27.9 Å². The molecule has 0 bridgehead atoms. The van der Waals surface area contributed by atoms with Gasteiger partial charge in [-0.25, -0.2) is 9.38 Å². The van der Waals surface area contributed by atoms with Gasteiger partial charge in [0.25, 0.3) is 0 Å². The molecule has 0 unspecified atom stereocenters. The van der Waals surface area contributed by atoms with Crippen molar-refractivity contribution in [2.75, 3.05) is 19.1 Å². The zero-order chi connectivity index (χ0) is 19.8. The molecular formula is C22H19N5O2. The average Bonchev–Trinajstić information content (AvgIpc) is 3.43. The molecule has 5 rings (SSSR count). The van der Waals surface area contributed by atoms with Crippen LogP contribution >= 0.6 is 0 Å². The standard InChI is InChI=1S/C22H19N5O2/c1-26(14-15-8-7-13-29-15)22-23-18-11-5-3-9-16(18)20-24-25-21(27(20)22)17-10-4-6-12-19(17)28-2/h3-13H,14H2,1-2H3. The molecule has 0 atom stereocenters. The fraction of sp³-hybridized carbons (Fsp3) is 0.136. The normalized spacial score (nSPS) is 11.2. The van der Waals surface area contributed by atoms with Crippen molar-refractivity contribution in [1.82, 2.24) is 19.6 Å². The quantitative estimate of drug-likeness (QED) is 0.452. The summed E-state index contributed by atoms with van der Waals surface area (Å²) < 4.78 is 13.1. The second-order valence-corrected chi connectivity index (χ2v) is 6.75. The first-order valence-corrected chi connectivity index (χ1v) is 9.27. The number of aromatic nitrogens is 4. The van der Waals surface area contributed by atoms with Crippen LogP contribution in [0.4, 0.5) is 5.95 Å². The molecule has 3 heterocycles. The number of ether oxygens (including phenoxy) is 1. The van der Waals surface area contributed by atoms with Crippen LogP contribution in [0, 0.1) is 0 Å². The Kier molecular flexibility index (Phi) is 4.13. The molecule has 0 fully saturated rings. The van der Waals surface area contributed by atoms with Crippen molar-refractivity contribution in [1.29, 1.82) is 0 Å². The summed E-state index contributed by atoms with van der Waals surface area (Å²) in [4.78, 5) is 6.95. The molecule has 5 aromatic rings. The van der Waals surface area contributed by atoms with E-state index < -0.39 is 0 Å². The summed E-state index contributed by atoms with van der Waals surface area (Å²) in [6.45, 7) is 0.566. The first-order chi connectivity index (χ1) is 14.3. The van der Waals surface area contributed by atoms with Gasteiger partial charge in [-0.15, -0.1) is 10.2 Å². The number of hydrogen-bond donors (Lipinski definition) is 0. The summed E-state index contributed by atoms with van der Waals surface area (Å²) in [5, 5.41) is 9.95. The molecular weight excluding hydrogens is 366 g/mol. The van der Waals surface area contributed by atoms with Crippen molar-refractivity contribution in [3.8, 4) is 17.1 Å². The van der Waals surface area contributed by atoms with Gasteiger partial charge >= 0.3 is 0 Å². The van der Waals surface area contributed by atoms with Crippen LogP contribution in [0.15, 0.2) is 71.3 Å². The highest BCUT2D eigenvalue weighted by molar-refractivity contribution is 5.93. The van der Waals surface area contributed by atoms with Gasteiger partial charge in [-0.05, 0) is 36.4 Å². The van der Waals surface area contributed by atoms with E-state index in [1.165, 1.54) is 0 Å². The third kappa shape index (κ3) is 2.87. The van der Waals surface area contributed by atoms with Crippen molar-refractivity contribution in [3.05, 3.63) is 72.7 Å². The topological polar surface area (TPSA) is 68.7 Å². The monoisotopic (exact) mass is 385 g/mol. The zero-order valence-corrected chi connectivity index (χ0v) is 16.1. The van der Waals surface area contributed by atoms with Gasteiger partial charge in [0, 0.05) is 12.4 Å². The van der Waals surface area contributed by atoms with E-state index in [4.69, 9.17) is 14.1 Å². The molecule has 0 aliphatic carbocycles. The van der Waals surface area contributed by atoms with Gasteiger partial charge in [0.05, 0.1) is 31.0 Å². The summed E-state index contributed by atoms with van der Waals surface area (Å²) in [5.74, 6) is 2.98. The van der Waals surface area contributed by atoms with Crippen LogP contribution in [-0.4, -0.2) is 33.7 Å². The smallest absolute Gasteiger partial charge is 0.213 e. The van der Waals surface area contributed by atoms with Crippen LogP contribution in [0.5, 0.6) is 5.75 Å². The summed E-state index contributed by atoms with van der Waals surface area (Å²) in [5.41, 5.74) is 2.46. The third-order valence-electron chi connectivity index (χ3n) is 4.89. The largest absolute Gasteiger partial charge is 0.496 e. The summed E-state index contributed by atoms with van der Waals surface area (Å²) in [6, 6.07) is 19.5. The molecule has 0 saturated heterocycles. The minimum atomic E-state index is 0.566. The molecule has 0 radical (unpaired) electrons. The summed E-state index contributed by atoms with van der Waals surface area (Å²) in [7, 11) is 3.63.